The largest absolute Gasteiger partial charge is 0.307 e. The standard InChI is InChI=1S/C12H15FN2O2/c1-12(5-2-6-12)14-8-9-3-4-11(15(16)17)10(13)7-9/h3-4,7,14H,2,5-6,8H2,1H3. The van der Waals surface area contributed by atoms with Crippen LogP contribution in [0.2, 0.25) is 0 Å². The first-order valence-corrected chi connectivity index (χ1v) is 5.68. The van der Waals surface area contributed by atoms with Crippen molar-refractivity contribution >= 4 is 5.69 Å². The number of hydrogen-bond donors (Lipinski definition) is 1. The van der Waals surface area contributed by atoms with Gasteiger partial charge in [0.25, 0.3) is 0 Å². The molecule has 0 heterocycles. The first kappa shape index (κ1) is 12.0. The molecule has 0 aliphatic heterocycles. The van der Waals surface area contributed by atoms with Crippen LogP contribution in [0.5, 0.6) is 0 Å². The smallest absolute Gasteiger partial charge is 0.304 e. The molecule has 92 valence electrons. The summed E-state index contributed by atoms with van der Waals surface area (Å²) in [6, 6.07) is 4.04. The minimum atomic E-state index is -0.770. The minimum absolute atomic E-state index is 0.151. The molecule has 17 heavy (non-hydrogen) atoms. The van der Waals surface area contributed by atoms with E-state index in [2.05, 4.69) is 12.2 Å². The molecule has 1 aliphatic rings. The Morgan fingerprint density at radius 3 is 2.71 bits per heavy atom. The van der Waals surface area contributed by atoms with Crippen LogP contribution in [-0.4, -0.2) is 10.5 Å². The average molecular weight is 238 g/mol. The third-order valence-corrected chi connectivity index (χ3v) is 3.39. The van der Waals surface area contributed by atoms with E-state index >= 15 is 0 Å². The van der Waals surface area contributed by atoms with Crippen molar-refractivity contribution in [3.63, 3.8) is 0 Å². The Morgan fingerprint density at radius 2 is 2.24 bits per heavy atom. The quantitative estimate of drug-likeness (QED) is 0.648. The lowest BCUT2D eigenvalue weighted by Crippen LogP contribution is -2.47. The van der Waals surface area contributed by atoms with Gasteiger partial charge in [0, 0.05) is 18.2 Å². The molecule has 1 fully saturated rings. The second-order valence-electron chi connectivity index (χ2n) is 4.81. The number of halogens is 1. The van der Waals surface area contributed by atoms with E-state index in [1.165, 1.54) is 18.6 Å². The Hall–Kier alpha value is -1.49. The van der Waals surface area contributed by atoms with Crippen LogP contribution in [0.25, 0.3) is 0 Å². The van der Waals surface area contributed by atoms with Crippen molar-refractivity contribution in [3.8, 4) is 0 Å². The van der Waals surface area contributed by atoms with Crippen molar-refractivity contribution in [2.24, 2.45) is 0 Å². The number of nitrogens with one attached hydrogen (secondary N) is 1. The van der Waals surface area contributed by atoms with Crippen LogP contribution >= 0.6 is 0 Å². The van der Waals surface area contributed by atoms with Crippen LogP contribution in [0.4, 0.5) is 10.1 Å². The SMILES string of the molecule is CC1(NCc2ccc([N+](=O)[O-])c(F)c2)CCC1. The maximum absolute atomic E-state index is 13.3. The topological polar surface area (TPSA) is 55.2 Å². The van der Waals surface area contributed by atoms with Crippen LogP contribution in [0, 0.1) is 15.9 Å². The van der Waals surface area contributed by atoms with Crippen molar-refractivity contribution in [1.82, 2.24) is 5.32 Å². The molecular formula is C12H15FN2O2. The minimum Gasteiger partial charge on any atom is -0.307 e. The third kappa shape index (κ3) is 2.61. The molecule has 0 unspecified atom stereocenters. The lowest BCUT2D eigenvalue weighted by molar-refractivity contribution is -0.387. The van der Waals surface area contributed by atoms with Gasteiger partial charge in [0.2, 0.25) is 5.82 Å². The van der Waals surface area contributed by atoms with Gasteiger partial charge in [0.05, 0.1) is 4.92 Å². The van der Waals surface area contributed by atoms with Crippen LogP contribution < -0.4 is 5.32 Å². The van der Waals surface area contributed by atoms with Gasteiger partial charge in [-0.05, 0) is 37.8 Å². The molecule has 2 rings (SSSR count). The molecule has 0 saturated heterocycles. The summed E-state index contributed by atoms with van der Waals surface area (Å²) < 4.78 is 13.3. The molecule has 0 amide bonds. The normalized spacial score (nSPS) is 17.5. The van der Waals surface area contributed by atoms with Gasteiger partial charge in [0.1, 0.15) is 0 Å². The van der Waals surface area contributed by atoms with Crippen molar-refractivity contribution < 1.29 is 9.31 Å². The summed E-state index contributed by atoms with van der Waals surface area (Å²) in [7, 11) is 0. The summed E-state index contributed by atoms with van der Waals surface area (Å²) in [5.41, 5.74) is 0.419. The maximum Gasteiger partial charge on any atom is 0.304 e. The molecule has 5 heteroatoms. The molecule has 4 nitrogen and oxygen atoms in total. The Labute approximate surface area is 99.0 Å². The Balaban J connectivity index is 2.02. The van der Waals surface area contributed by atoms with E-state index in [-0.39, 0.29) is 5.54 Å². The first-order chi connectivity index (χ1) is 8.00. The van der Waals surface area contributed by atoms with Gasteiger partial charge in [-0.2, -0.15) is 4.39 Å². The molecule has 1 saturated carbocycles. The van der Waals surface area contributed by atoms with E-state index in [1.807, 2.05) is 0 Å². The molecular weight excluding hydrogens is 223 g/mol. The molecule has 0 aromatic heterocycles. The molecule has 1 aliphatic carbocycles. The summed E-state index contributed by atoms with van der Waals surface area (Å²) >= 11 is 0. The predicted molar refractivity (Wildman–Crippen MR) is 62.2 cm³/mol. The molecule has 0 atom stereocenters. The highest BCUT2D eigenvalue weighted by molar-refractivity contribution is 5.35. The highest BCUT2D eigenvalue weighted by Gasteiger charge is 2.30. The van der Waals surface area contributed by atoms with Gasteiger partial charge in [-0.1, -0.05) is 6.07 Å². The second-order valence-corrected chi connectivity index (χ2v) is 4.81. The van der Waals surface area contributed by atoms with Gasteiger partial charge >= 0.3 is 5.69 Å². The number of rotatable bonds is 4. The van der Waals surface area contributed by atoms with Crippen LogP contribution in [0.3, 0.4) is 0 Å². The second kappa shape index (κ2) is 4.41. The number of nitrogens with zero attached hydrogens (tertiary/aromatic N) is 1. The Bertz CT molecular complexity index is 444. The summed E-state index contributed by atoms with van der Waals surface area (Å²) in [6.07, 6.45) is 3.48. The van der Waals surface area contributed by atoms with Crippen LogP contribution in [0.1, 0.15) is 31.7 Å². The zero-order valence-corrected chi connectivity index (χ0v) is 9.70. The van der Waals surface area contributed by atoms with E-state index in [0.717, 1.165) is 18.4 Å². The number of hydrogen-bond acceptors (Lipinski definition) is 3. The zero-order chi connectivity index (χ0) is 12.5. The lowest BCUT2D eigenvalue weighted by atomic mass is 9.78. The van der Waals surface area contributed by atoms with Crippen LogP contribution in [0.15, 0.2) is 18.2 Å². The zero-order valence-electron chi connectivity index (χ0n) is 9.70. The van der Waals surface area contributed by atoms with E-state index < -0.39 is 16.4 Å². The van der Waals surface area contributed by atoms with Gasteiger partial charge in [-0.25, -0.2) is 0 Å². The first-order valence-electron chi connectivity index (χ1n) is 5.68. The van der Waals surface area contributed by atoms with Crippen molar-refractivity contribution in [2.75, 3.05) is 0 Å². The fourth-order valence-electron chi connectivity index (χ4n) is 2.01. The predicted octanol–water partition coefficient (Wildman–Crippen LogP) is 2.77. The summed E-state index contributed by atoms with van der Waals surface area (Å²) in [4.78, 5) is 9.75. The van der Waals surface area contributed by atoms with Crippen molar-refractivity contribution in [2.45, 2.75) is 38.3 Å². The van der Waals surface area contributed by atoms with Gasteiger partial charge in [-0.15, -0.1) is 0 Å². The molecule has 0 bridgehead atoms. The van der Waals surface area contributed by atoms with Gasteiger partial charge < -0.3 is 5.32 Å². The highest BCUT2D eigenvalue weighted by Crippen LogP contribution is 2.31. The fourth-order valence-corrected chi connectivity index (χ4v) is 2.01. The van der Waals surface area contributed by atoms with Gasteiger partial charge in [0.15, 0.2) is 0 Å². The van der Waals surface area contributed by atoms with Crippen molar-refractivity contribution in [1.29, 1.82) is 0 Å². The monoisotopic (exact) mass is 238 g/mol. The molecule has 1 aromatic rings. The van der Waals surface area contributed by atoms with Crippen LogP contribution in [-0.2, 0) is 6.54 Å². The van der Waals surface area contributed by atoms with E-state index in [0.29, 0.717) is 6.54 Å². The average Bonchev–Trinajstić information content (AvgIpc) is 2.23. The van der Waals surface area contributed by atoms with E-state index in [1.54, 1.807) is 6.07 Å². The Morgan fingerprint density at radius 1 is 1.53 bits per heavy atom. The number of benzene rings is 1. The Kier molecular flexibility index (Phi) is 3.11. The number of nitro groups is 1. The summed E-state index contributed by atoms with van der Waals surface area (Å²) in [5.74, 6) is -0.770. The van der Waals surface area contributed by atoms with E-state index in [4.69, 9.17) is 0 Å². The lowest BCUT2D eigenvalue weighted by Gasteiger charge is -2.39. The van der Waals surface area contributed by atoms with Crippen molar-refractivity contribution in [3.05, 3.63) is 39.7 Å². The molecule has 0 spiro atoms. The van der Waals surface area contributed by atoms with Gasteiger partial charge in [-0.3, -0.25) is 10.1 Å². The molecule has 0 radical (unpaired) electrons. The summed E-state index contributed by atoms with van der Waals surface area (Å²) in [6.45, 7) is 2.68. The highest BCUT2D eigenvalue weighted by atomic mass is 19.1. The fraction of sp³-hybridized carbons (Fsp3) is 0.500. The molecule has 1 N–H and O–H groups in total. The maximum atomic E-state index is 13.3. The molecule has 1 aromatic carbocycles. The third-order valence-electron chi connectivity index (χ3n) is 3.39. The summed E-state index contributed by atoms with van der Waals surface area (Å²) in [5, 5.41) is 13.8. The number of nitro benzene ring substituents is 1. The van der Waals surface area contributed by atoms with E-state index in [9.17, 15) is 14.5 Å².